The second-order valence-corrected chi connectivity index (χ2v) is 5.25. The lowest BCUT2D eigenvalue weighted by atomic mass is 10.2. The zero-order chi connectivity index (χ0) is 16.6. The molecule has 8 heteroatoms. The topological polar surface area (TPSA) is 98.8 Å². The summed E-state index contributed by atoms with van der Waals surface area (Å²) >= 11 is 0. The maximum Gasteiger partial charge on any atom is 0.422 e. The highest BCUT2D eigenvalue weighted by molar-refractivity contribution is 5.91. The summed E-state index contributed by atoms with van der Waals surface area (Å²) < 4.78 is 15.1. The largest absolute Gasteiger partial charge is 0.476 e. The van der Waals surface area contributed by atoms with E-state index in [0.29, 0.717) is 6.54 Å². The first-order valence-electron chi connectivity index (χ1n) is 6.71. The minimum absolute atomic E-state index is 0.174. The van der Waals surface area contributed by atoms with E-state index in [0.717, 1.165) is 0 Å². The van der Waals surface area contributed by atoms with Crippen molar-refractivity contribution in [1.82, 2.24) is 15.8 Å². The van der Waals surface area contributed by atoms with Gasteiger partial charge in [0.25, 0.3) is 0 Å². The summed E-state index contributed by atoms with van der Waals surface area (Å²) in [6.07, 6.45) is 0.925. The molecule has 1 aromatic rings. The van der Waals surface area contributed by atoms with Crippen LogP contribution < -0.4 is 15.6 Å². The Balaban J connectivity index is 2.34. The maximum atomic E-state index is 11.5. The Morgan fingerprint density at radius 2 is 2.05 bits per heavy atom. The van der Waals surface area contributed by atoms with E-state index in [2.05, 4.69) is 20.6 Å². The third-order valence-corrected chi connectivity index (χ3v) is 2.23. The Morgan fingerprint density at radius 3 is 2.68 bits per heavy atom. The first-order valence-corrected chi connectivity index (χ1v) is 6.71. The quantitative estimate of drug-likeness (QED) is 0.464. The Labute approximate surface area is 129 Å². The zero-order valence-electron chi connectivity index (χ0n) is 13.1. The molecule has 0 saturated heterocycles. The molecule has 0 spiro atoms. The van der Waals surface area contributed by atoms with Crippen LogP contribution >= 0.6 is 0 Å². The van der Waals surface area contributed by atoms with Crippen molar-refractivity contribution >= 4 is 12.1 Å². The van der Waals surface area contributed by atoms with Gasteiger partial charge in [-0.3, -0.25) is 5.43 Å². The molecule has 1 rings (SSSR count). The number of nitrogens with one attached hydrogen (secondary N) is 2. The van der Waals surface area contributed by atoms with Gasteiger partial charge in [-0.25, -0.2) is 20.0 Å². The normalized spacial score (nSPS) is 10.7. The highest BCUT2D eigenvalue weighted by atomic mass is 16.6. The maximum absolute atomic E-state index is 11.5. The number of carbonyl (C=O) groups excluding carboxylic acids is 2. The number of hydrogen-bond donors (Lipinski definition) is 2. The second kappa shape index (κ2) is 8.18. The van der Waals surface area contributed by atoms with Crippen LogP contribution in [0.5, 0.6) is 5.88 Å². The fourth-order valence-corrected chi connectivity index (χ4v) is 1.41. The van der Waals surface area contributed by atoms with Gasteiger partial charge in [0.1, 0.15) is 17.8 Å². The molecule has 0 fully saturated rings. The molecule has 2 N–H and O–H groups in total. The Morgan fingerprint density at radius 1 is 1.32 bits per heavy atom. The molecular formula is C14H21N3O5. The van der Waals surface area contributed by atoms with Crippen LogP contribution in [-0.4, -0.2) is 42.9 Å². The molecule has 0 atom stereocenters. The van der Waals surface area contributed by atoms with Crippen molar-refractivity contribution in [2.75, 3.05) is 20.3 Å². The standard InChI is InChI=1S/C14H21N3O5/c1-14(2,3)22-13(19)17-16-8-9-21-11-10(12(18)20-4)6-5-7-15-11/h5-7,16H,8-9H2,1-4H3,(H,17,19). The number of methoxy groups -OCH3 is 1. The summed E-state index contributed by atoms with van der Waals surface area (Å²) in [5, 5.41) is 0. The van der Waals surface area contributed by atoms with Crippen molar-refractivity contribution in [2.45, 2.75) is 26.4 Å². The Bertz CT molecular complexity index is 513. The number of ether oxygens (including phenoxy) is 3. The molecule has 1 heterocycles. The summed E-state index contributed by atoms with van der Waals surface area (Å²) in [7, 11) is 1.28. The van der Waals surface area contributed by atoms with E-state index in [1.54, 1.807) is 32.9 Å². The summed E-state index contributed by atoms with van der Waals surface area (Å²) in [5.41, 5.74) is 4.69. The van der Waals surface area contributed by atoms with E-state index < -0.39 is 17.7 Å². The number of hydrazine groups is 1. The van der Waals surface area contributed by atoms with Crippen molar-refractivity contribution in [2.24, 2.45) is 0 Å². The molecule has 1 amide bonds. The SMILES string of the molecule is COC(=O)c1cccnc1OCCNNC(=O)OC(C)(C)C. The van der Waals surface area contributed by atoms with Gasteiger partial charge in [-0.2, -0.15) is 0 Å². The van der Waals surface area contributed by atoms with Crippen LogP contribution in [0, 0.1) is 0 Å². The molecule has 0 radical (unpaired) electrons. The highest BCUT2D eigenvalue weighted by Crippen LogP contribution is 2.14. The Kier molecular flexibility index (Phi) is 6.58. The monoisotopic (exact) mass is 311 g/mol. The lowest BCUT2D eigenvalue weighted by Crippen LogP contribution is -2.42. The number of aromatic nitrogens is 1. The third-order valence-electron chi connectivity index (χ3n) is 2.23. The number of pyridine rings is 1. The number of esters is 1. The molecule has 0 unspecified atom stereocenters. The van der Waals surface area contributed by atoms with Crippen LogP contribution in [-0.2, 0) is 9.47 Å². The summed E-state index contributed by atoms with van der Waals surface area (Å²) in [4.78, 5) is 26.8. The molecule has 1 aromatic heterocycles. The van der Waals surface area contributed by atoms with Gasteiger partial charge >= 0.3 is 12.1 Å². The fourth-order valence-electron chi connectivity index (χ4n) is 1.41. The smallest absolute Gasteiger partial charge is 0.422 e. The number of amides is 1. The van der Waals surface area contributed by atoms with Gasteiger partial charge in [0, 0.05) is 12.7 Å². The lowest BCUT2D eigenvalue weighted by Gasteiger charge is -2.19. The first-order chi connectivity index (χ1) is 10.3. The van der Waals surface area contributed by atoms with Gasteiger partial charge in [-0.1, -0.05) is 0 Å². The van der Waals surface area contributed by atoms with Crippen LogP contribution in [0.4, 0.5) is 4.79 Å². The highest BCUT2D eigenvalue weighted by Gasteiger charge is 2.16. The number of nitrogens with zero attached hydrogens (tertiary/aromatic N) is 1. The molecule has 0 aliphatic carbocycles. The van der Waals surface area contributed by atoms with Crippen molar-refractivity contribution in [3.63, 3.8) is 0 Å². The summed E-state index contributed by atoms with van der Waals surface area (Å²) in [6.45, 7) is 5.80. The molecule has 0 aliphatic rings. The van der Waals surface area contributed by atoms with Gasteiger partial charge in [-0.15, -0.1) is 0 Å². The van der Waals surface area contributed by atoms with Gasteiger partial charge in [0.05, 0.1) is 7.11 Å². The van der Waals surface area contributed by atoms with Crippen molar-refractivity contribution in [3.05, 3.63) is 23.9 Å². The summed E-state index contributed by atoms with van der Waals surface area (Å²) in [6, 6.07) is 3.17. The zero-order valence-corrected chi connectivity index (χ0v) is 13.1. The molecule has 8 nitrogen and oxygen atoms in total. The van der Waals surface area contributed by atoms with Crippen molar-refractivity contribution < 1.29 is 23.8 Å². The molecule has 0 saturated carbocycles. The van der Waals surface area contributed by atoms with Crippen LogP contribution in [0.2, 0.25) is 0 Å². The number of rotatable bonds is 6. The van der Waals surface area contributed by atoms with E-state index in [1.165, 1.54) is 13.3 Å². The van der Waals surface area contributed by atoms with Crippen molar-refractivity contribution in [1.29, 1.82) is 0 Å². The van der Waals surface area contributed by atoms with Crippen LogP contribution in [0.25, 0.3) is 0 Å². The molecule has 0 bridgehead atoms. The molecule has 122 valence electrons. The Hall–Kier alpha value is -2.35. The van der Waals surface area contributed by atoms with Gasteiger partial charge < -0.3 is 14.2 Å². The van der Waals surface area contributed by atoms with Gasteiger partial charge in [0.15, 0.2) is 0 Å². The van der Waals surface area contributed by atoms with Gasteiger partial charge in [-0.05, 0) is 32.9 Å². The van der Waals surface area contributed by atoms with E-state index in [4.69, 9.17) is 9.47 Å². The van der Waals surface area contributed by atoms with E-state index >= 15 is 0 Å². The number of carbonyl (C=O) groups is 2. The fraction of sp³-hybridized carbons (Fsp3) is 0.500. The molecule has 0 aromatic carbocycles. The predicted octanol–water partition coefficient (Wildman–Crippen LogP) is 1.28. The number of hydrogen-bond acceptors (Lipinski definition) is 7. The second-order valence-electron chi connectivity index (χ2n) is 5.25. The molecule has 0 aliphatic heterocycles. The minimum atomic E-state index is -0.583. The predicted molar refractivity (Wildman–Crippen MR) is 78.4 cm³/mol. The van der Waals surface area contributed by atoms with Crippen LogP contribution in [0.3, 0.4) is 0 Å². The van der Waals surface area contributed by atoms with E-state index in [1.807, 2.05) is 0 Å². The molecule has 22 heavy (non-hydrogen) atoms. The lowest BCUT2D eigenvalue weighted by molar-refractivity contribution is 0.0495. The first kappa shape index (κ1) is 17.7. The minimum Gasteiger partial charge on any atom is -0.476 e. The average Bonchev–Trinajstić information content (AvgIpc) is 2.44. The van der Waals surface area contributed by atoms with Crippen LogP contribution in [0.15, 0.2) is 18.3 Å². The van der Waals surface area contributed by atoms with Crippen LogP contribution in [0.1, 0.15) is 31.1 Å². The summed E-state index contributed by atoms with van der Waals surface area (Å²) in [5.74, 6) is -0.351. The van der Waals surface area contributed by atoms with E-state index in [9.17, 15) is 9.59 Å². The molecular weight excluding hydrogens is 290 g/mol. The van der Waals surface area contributed by atoms with Gasteiger partial charge in [0.2, 0.25) is 5.88 Å². The average molecular weight is 311 g/mol. The van der Waals surface area contributed by atoms with E-state index in [-0.39, 0.29) is 18.1 Å². The third kappa shape index (κ3) is 6.40. The van der Waals surface area contributed by atoms with Crippen molar-refractivity contribution in [3.8, 4) is 5.88 Å².